The Kier molecular flexibility index (Phi) is 6.48. The van der Waals surface area contributed by atoms with E-state index in [2.05, 4.69) is 22.1 Å². The number of anilines is 1. The molecule has 2 rings (SSSR count). The van der Waals surface area contributed by atoms with Crippen molar-refractivity contribution in [3.63, 3.8) is 0 Å². The highest BCUT2D eigenvalue weighted by Gasteiger charge is 2.16. The molecule has 0 bridgehead atoms. The summed E-state index contributed by atoms with van der Waals surface area (Å²) < 4.78 is 0.828. The SMILES string of the molecule is C=CCSc1nnc(NC(=O)[C@@H](C)Sc2ccc(C)cc2)s1. The zero-order valence-electron chi connectivity index (χ0n) is 12.4. The Hall–Kier alpha value is -1.31. The molecular weight excluding hydrogens is 334 g/mol. The lowest BCUT2D eigenvalue weighted by Crippen LogP contribution is -2.22. The second-order valence-electron chi connectivity index (χ2n) is 4.54. The molecule has 0 aliphatic heterocycles. The van der Waals surface area contributed by atoms with E-state index < -0.39 is 0 Å². The average molecular weight is 352 g/mol. The van der Waals surface area contributed by atoms with E-state index in [9.17, 15) is 4.79 Å². The molecular formula is C15H17N3OS3. The number of carbonyl (C=O) groups excluding carboxylic acids is 1. The molecule has 1 aromatic heterocycles. The Balaban J connectivity index is 1.89. The van der Waals surface area contributed by atoms with Gasteiger partial charge in [0.2, 0.25) is 11.0 Å². The topological polar surface area (TPSA) is 54.9 Å². The zero-order valence-corrected chi connectivity index (χ0v) is 14.9. The summed E-state index contributed by atoms with van der Waals surface area (Å²) in [6, 6.07) is 8.14. The van der Waals surface area contributed by atoms with Gasteiger partial charge in [-0.15, -0.1) is 28.5 Å². The first-order valence-electron chi connectivity index (χ1n) is 6.70. The number of nitrogens with zero attached hydrogens (tertiary/aromatic N) is 2. The van der Waals surface area contributed by atoms with E-state index in [4.69, 9.17) is 0 Å². The maximum absolute atomic E-state index is 12.2. The van der Waals surface area contributed by atoms with Crippen molar-refractivity contribution >= 4 is 45.9 Å². The van der Waals surface area contributed by atoms with Crippen molar-refractivity contribution in [3.8, 4) is 0 Å². The molecule has 0 fully saturated rings. The van der Waals surface area contributed by atoms with Crippen LogP contribution in [-0.2, 0) is 4.79 Å². The molecule has 0 radical (unpaired) electrons. The van der Waals surface area contributed by atoms with E-state index in [0.717, 1.165) is 15.0 Å². The third kappa shape index (κ3) is 5.15. The lowest BCUT2D eigenvalue weighted by Gasteiger charge is -2.10. The first kappa shape index (κ1) is 17.1. The Bertz CT molecular complexity index is 640. The fourth-order valence-electron chi connectivity index (χ4n) is 1.53. The minimum absolute atomic E-state index is 0.0676. The molecule has 1 heterocycles. The minimum Gasteiger partial charge on any atom is -0.300 e. The Labute approximate surface area is 142 Å². The molecule has 22 heavy (non-hydrogen) atoms. The molecule has 0 aliphatic rings. The summed E-state index contributed by atoms with van der Waals surface area (Å²) in [6.45, 7) is 7.59. The predicted molar refractivity (Wildman–Crippen MR) is 96.0 cm³/mol. The second-order valence-corrected chi connectivity index (χ2v) is 8.19. The van der Waals surface area contributed by atoms with Crippen LogP contribution in [0.3, 0.4) is 0 Å². The number of thioether (sulfide) groups is 2. The van der Waals surface area contributed by atoms with Crippen LogP contribution in [0.5, 0.6) is 0 Å². The standard InChI is InChI=1S/C15H17N3OS3/c1-4-9-20-15-18-17-14(22-15)16-13(19)11(3)21-12-7-5-10(2)6-8-12/h4-8,11H,1,9H2,2-3H3,(H,16,17,19)/t11-/m1/s1. The highest BCUT2D eigenvalue weighted by atomic mass is 32.2. The van der Waals surface area contributed by atoms with Crippen LogP contribution < -0.4 is 5.32 Å². The second kappa shape index (κ2) is 8.36. The van der Waals surface area contributed by atoms with Crippen LogP contribution in [0.2, 0.25) is 0 Å². The average Bonchev–Trinajstić information content (AvgIpc) is 2.95. The number of aryl methyl sites for hydroxylation is 1. The van der Waals surface area contributed by atoms with Crippen molar-refractivity contribution in [2.24, 2.45) is 0 Å². The van der Waals surface area contributed by atoms with E-state index in [-0.39, 0.29) is 11.2 Å². The van der Waals surface area contributed by atoms with Gasteiger partial charge in [-0.2, -0.15) is 0 Å². The summed E-state index contributed by atoms with van der Waals surface area (Å²) in [5, 5.41) is 11.2. The monoisotopic (exact) mass is 351 g/mol. The summed E-state index contributed by atoms with van der Waals surface area (Å²) in [4.78, 5) is 13.3. The van der Waals surface area contributed by atoms with Crippen molar-refractivity contribution in [3.05, 3.63) is 42.5 Å². The number of carbonyl (C=O) groups is 1. The van der Waals surface area contributed by atoms with Gasteiger partial charge >= 0.3 is 0 Å². The number of hydrogen-bond acceptors (Lipinski definition) is 6. The lowest BCUT2D eigenvalue weighted by molar-refractivity contribution is -0.115. The summed E-state index contributed by atoms with van der Waals surface area (Å²) in [6.07, 6.45) is 1.81. The van der Waals surface area contributed by atoms with Gasteiger partial charge in [-0.25, -0.2) is 0 Å². The van der Waals surface area contributed by atoms with Crippen LogP contribution >= 0.6 is 34.9 Å². The molecule has 0 spiro atoms. The molecule has 2 aromatic rings. The Morgan fingerprint density at radius 2 is 2.14 bits per heavy atom. The van der Waals surface area contributed by atoms with Crippen molar-refractivity contribution in [1.29, 1.82) is 0 Å². The molecule has 0 saturated heterocycles. The van der Waals surface area contributed by atoms with Gasteiger partial charge in [-0.3, -0.25) is 10.1 Å². The van der Waals surface area contributed by atoms with Crippen molar-refractivity contribution in [2.45, 2.75) is 28.3 Å². The molecule has 1 atom stereocenters. The minimum atomic E-state index is -0.198. The number of benzene rings is 1. The molecule has 1 N–H and O–H groups in total. The quantitative estimate of drug-likeness (QED) is 0.459. The van der Waals surface area contributed by atoms with Crippen LogP contribution in [0.25, 0.3) is 0 Å². The van der Waals surface area contributed by atoms with Crippen molar-refractivity contribution in [2.75, 3.05) is 11.1 Å². The molecule has 0 saturated carbocycles. The highest BCUT2D eigenvalue weighted by Crippen LogP contribution is 2.27. The van der Waals surface area contributed by atoms with E-state index in [1.807, 2.05) is 44.2 Å². The van der Waals surface area contributed by atoms with E-state index in [1.54, 1.807) is 11.8 Å². The molecule has 7 heteroatoms. The molecule has 4 nitrogen and oxygen atoms in total. The predicted octanol–water partition coefficient (Wildman–Crippen LogP) is 4.24. The molecule has 0 unspecified atom stereocenters. The molecule has 0 aliphatic carbocycles. The van der Waals surface area contributed by atoms with Gasteiger partial charge < -0.3 is 0 Å². The first-order chi connectivity index (χ1) is 10.6. The van der Waals surface area contributed by atoms with Gasteiger partial charge in [0.15, 0.2) is 4.34 Å². The maximum Gasteiger partial charge on any atom is 0.239 e. The number of rotatable bonds is 7. The van der Waals surface area contributed by atoms with Crippen molar-refractivity contribution in [1.82, 2.24) is 10.2 Å². The number of nitrogens with one attached hydrogen (secondary N) is 1. The van der Waals surface area contributed by atoms with E-state index in [1.165, 1.54) is 28.7 Å². The third-order valence-electron chi connectivity index (χ3n) is 2.66. The van der Waals surface area contributed by atoms with E-state index >= 15 is 0 Å². The largest absolute Gasteiger partial charge is 0.300 e. The summed E-state index contributed by atoms with van der Waals surface area (Å²) in [5.74, 6) is 0.712. The number of aromatic nitrogens is 2. The van der Waals surface area contributed by atoms with Gasteiger partial charge in [-0.05, 0) is 26.0 Å². The zero-order chi connectivity index (χ0) is 15.9. The van der Waals surface area contributed by atoms with E-state index in [0.29, 0.717) is 5.13 Å². The summed E-state index contributed by atoms with van der Waals surface area (Å²) in [5.41, 5.74) is 1.21. The summed E-state index contributed by atoms with van der Waals surface area (Å²) >= 11 is 4.46. The van der Waals surface area contributed by atoms with Crippen LogP contribution in [0.1, 0.15) is 12.5 Å². The lowest BCUT2D eigenvalue weighted by atomic mass is 10.2. The van der Waals surface area contributed by atoms with Gasteiger partial charge in [0, 0.05) is 10.6 Å². The smallest absolute Gasteiger partial charge is 0.239 e. The molecule has 1 amide bonds. The van der Waals surface area contributed by atoms with Gasteiger partial charge in [0.1, 0.15) is 0 Å². The van der Waals surface area contributed by atoms with Gasteiger partial charge in [-0.1, -0.05) is 46.9 Å². The first-order valence-corrected chi connectivity index (χ1v) is 9.38. The van der Waals surface area contributed by atoms with Crippen LogP contribution in [-0.4, -0.2) is 27.1 Å². The fourth-order valence-corrected chi connectivity index (χ4v) is 3.91. The molecule has 116 valence electrons. The highest BCUT2D eigenvalue weighted by molar-refractivity contribution is 8.01. The molecule has 1 aromatic carbocycles. The fraction of sp³-hybridized carbons (Fsp3) is 0.267. The van der Waals surface area contributed by atoms with Crippen LogP contribution in [0.15, 0.2) is 46.2 Å². The number of hydrogen-bond donors (Lipinski definition) is 1. The Morgan fingerprint density at radius 3 is 2.82 bits per heavy atom. The van der Waals surface area contributed by atoms with Gasteiger partial charge in [0.05, 0.1) is 5.25 Å². The van der Waals surface area contributed by atoms with Gasteiger partial charge in [0.25, 0.3) is 0 Å². The maximum atomic E-state index is 12.2. The summed E-state index contributed by atoms with van der Waals surface area (Å²) in [7, 11) is 0. The Morgan fingerprint density at radius 1 is 1.41 bits per heavy atom. The number of amides is 1. The normalized spacial score (nSPS) is 11.9. The van der Waals surface area contributed by atoms with Crippen molar-refractivity contribution < 1.29 is 4.79 Å². The van der Waals surface area contributed by atoms with Crippen LogP contribution in [0, 0.1) is 6.92 Å². The van der Waals surface area contributed by atoms with Crippen LogP contribution in [0.4, 0.5) is 5.13 Å². The third-order valence-corrected chi connectivity index (χ3v) is 5.74.